The van der Waals surface area contributed by atoms with Crippen molar-refractivity contribution in [3.05, 3.63) is 66.7 Å². The second kappa shape index (κ2) is 7.41. The lowest BCUT2D eigenvalue weighted by molar-refractivity contribution is -0.117. The molecule has 1 heterocycles. The number of amides is 1. The molecule has 0 saturated carbocycles. The molecule has 0 unspecified atom stereocenters. The molecule has 0 radical (unpaired) electrons. The Labute approximate surface area is 138 Å². The van der Waals surface area contributed by atoms with Gasteiger partial charge in [-0.05, 0) is 23.8 Å². The van der Waals surface area contributed by atoms with Gasteiger partial charge in [0.15, 0.2) is 6.67 Å². The smallest absolute Gasteiger partial charge is 0.255 e. The molecule has 0 bridgehead atoms. The fourth-order valence-electron chi connectivity index (χ4n) is 2.40. The Morgan fingerprint density at radius 3 is 2.83 bits per heavy atom. The third kappa shape index (κ3) is 3.78. The van der Waals surface area contributed by atoms with Crippen LogP contribution in [-0.4, -0.2) is 22.5 Å². The molecule has 3 rings (SSSR count). The minimum atomic E-state index is -1.04. The number of halogens is 1. The van der Waals surface area contributed by atoms with Gasteiger partial charge in [0.2, 0.25) is 0 Å². The number of carbonyl (C=O) groups excluding carboxylic acids is 1. The number of aromatic amines is 1. The van der Waals surface area contributed by atoms with Crippen molar-refractivity contribution < 1.29 is 9.18 Å². The van der Waals surface area contributed by atoms with Crippen molar-refractivity contribution in [1.29, 1.82) is 0 Å². The first kappa shape index (κ1) is 15.7. The molecule has 0 atom stereocenters. The zero-order chi connectivity index (χ0) is 16.8. The van der Waals surface area contributed by atoms with E-state index in [9.17, 15) is 9.18 Å². The van der Waals surface area contributed by atoms with Crippen LogP contribution in [0.2, 0.25) is 0 Å². The number of benzene rings is 2. The van der Waals surface area contributed by atoms with Gasteiger partial charge >= 0.3 is 0 Å². The zero-order valence-corrected chi connectivity index (χ0v) is 12.9. The molecule has 0 spiro atoms. The summed E-state index contributed by atoms with van der Waals surface area (Å²) in [5.74, 6) is -0.657. The summed E-state index contributed by atoms with van der Waals surface area (Å²) in [5, 5.41) is 5.89. The Hall–Kier alpha value is -3.15. The van der Waals surface area contributed by atoms with Crippen LogP contribution in [-0.2, 0) is 11.3 Å². The molecule has 3 aromatic rings. The maximum atomic E-state index is 12.5. The van der Waals surface area contributed by atoms with Gasteiger partial charge in [0.05, 0.1) is 18.6 Å². The van der Waals surface area contributed by atoms with Crippen LogP contribution < -0.4 is 10.6 Å². The lowest BCUT2D eigenvalue weighted by atomic mass is 10.0. The van der Waals surface area contributed by atoms with Crippen LogP contribution in [0.15, 0.2) is 61.1 Å². The molecule has 0 aliphatic carbocycles. The van der Waals surface area contributed by atoms with Gasteiger partial charge in [-0.3, -0.25) is 4.79 Å². The van der Waals surface area contributed by atoms with Crippen molar-refractivity contribution in [1.82, 2.24) is 9.97 Å². The van der Waals surface area contributed by atoms with E-state index in [0.29, 0.717) is 12.2 Å². The number of imidazole rings is 1. The molecule has 2 aromatic carbocycles. The number of para-hydroxylation sites is 1. The standard InChI is InChI=1S/C18H17FN4O/c19-9-18(24)23-17-7-2-1-6-16(17)13-4-3-5-14(8-13)21-11-15-10-20-12-22-15/h1-8,10,12,21H,9,11H2,(H,20,22)(H,23,24). The number of nitrogens with zero attached hydrogens (tertiary/aromatic N) is 1. The number of hydrogen-bond donors (Lipinski definition) is 3. The van der Waals surface area contributed by atoms with Gasteiger partial charge in [-0.2, -0.15) is 0 Å². The second-order valence-corrected chi connectivity index (χ2v) is 5.24. The highest BCUT2D eigenvalue weighted by Gasteiger charge is 2.08. The lowest BCUT2D eigenvalue weighted by Crippen LogP contribution is -2.13. The summed E-state index contributed by atoms with van der Waals surface area (Å²) in [6.45, 7) is -0.413. The van der Waals surface area contributed by atoms with E-state index in [0.717, 1.165) is 22.5 Å². The van der Waals surface area contributed by atoms with E-state index in [1.54, 1.807) is 24.7 Å². The monoisotopic (exact) mass is 324 g/mol. The van der Waals surface area contributed by atoms with Gasteiger partial charge in [-0.15, -0.1) is 0 Å². The van der Waals surface area contributed by atoms with Gasteiger partial charge in [-0.25, -0.2) is 9.37 Å². The Bertz CT molecular complexity index is 817. The van der Waals surface area contributed by atoms with Crippen LogP contribution in [0.25, 0.3) is 11.1 Å². The highest BCUT2D eigenvalue weighted by Crippen LogP contribution is 2.29. The number of rotatable bonds is 6. The molecular formula is C18H17FN4O. The maximum Gasteiger partial charge on any atom is 0.255 e. The van der Waals surface area contributed by atoms with Crippen molar-refractivity contribution in [2.75, 3.05) is 17.3 Å². The first-order chi connectivity index (χ1) is 11.8. The Morgan fingerprint density at radius 2 is 2.04 bits per heavy atom. The SMILES string of the molecule is O=C(CF)Nc1ccccc1-c1cccc(NCc2cnc[nH]2)c1. The van der Waals surface area contributed by atoms with Crippen molar-refractivity contribution in [2.45, 2.75) is 6.54 Å². The second-order valence-electron chi connectivity index (χ2n) is 5.24. The molecule has 1 amide bonds. The lowest BCUT2D eigenvalue weighted by Gasteiger charge is -2.12. The third-order valence-electron chi connectivity index (χ3n) is 3.53. The molecule has 6 heteroatoms. The van der Waals surface area contributed by atoms with Crippen LogP contribution in [0, 0.1) is 0 Å². The van der Waals surface area contributed by atoms with E-state index in [4.69, 9.17) is 0 Å². The zero-order valence-electron chi connectivity index (χ0n) is 12.9. The Kier molecular flexibility index (Phi) is 4.86. The van der Waals surface area contributed by atoms with Crippen LogP contribution in [0.3, 0.4) is 0 Å². The van der Waals surface area contributed by atoms with Gasteiger partial charge in [-0.1, -0.05) is 30.3 Å². The van der Waals surface area contributed by atoms with Crippen LogP contribution in [0.1, 0.15) is 5.69 Å². The maximum absolute atomic E-state index is 12.5. The van der Waals surface area contributed by atoms with Crippen molar-refractivity contribution in [3.8, 4) is 11.1 Å². The number of alkyl halides is 1. The fourth-order valence-corrected chi connectivity index (χ4v) is 2.40. The number of carbonyl (C=O) groups is 1. The van der Waals surface area contributed by atoms with Gasteiger partial charge in [0.1, 0.15) is 0 Å². The van der Waals surface area contributed by atoms with Gasteiger partial charge < -0.3 is 15.6 Å². The van der Waals surface area contributed by atoms with Crippen molar-refractivity contribution in [3.63, 3.8) is 0 Å². The highest BCUT2D eigenvalue weighted by molar-refractivity contribution is 5.96. The molecule has 0 fully saturated rings. The molecule has 1 aromatic heterocycles. The number of nitrogens with one attached hydrogen (secondary N) is 3. The summed E-state index contributed by atoms with van der Waals surface area (Å²) < 4.78 is 12.5. The summed E-state index contributed by atoms with van der Waals surface area (Å²) in [5.41, 5.74) is 4.28. The molecule has 24 heavy (non-hydrogen) atoms. The molecule has 122 valence electrons. The molecule has 0 aliphatic heterocycles. The van der Waals surface area contributed by atoms with E-state index in [1.807, 2.05) is 36.4 Å². The molecular weight excluding hydrogens is 307 g/mol. The molecule has 0 saturated heterocycles. The predicted octanol–water partition coefficient (Wildman–Crippen LogP) is 3.60. The van der Waals surface area contributed by atoms with Crippen LogP contribution in [0.5, 0.6) is 0 Å². The average molecular weight is 324 g/mol. The van der Waals surface area contributed by atoms with E-state index in [-0.39, 0.29) is 0 Å². The summed E-state index contributed by atoms with van der Waals surface area (Å²) >= 11 is 0. The van der Waals surface area contributed by atoms with Crippen molar-refractivity contribution in [2.24, 2.45) is 0 Å². The van der Waals surface area contributed by atoms with E-state index < -0.39 is 12.6 Å². The summed E-state index contributed by atoms with van der Waals surface area (Å²) in [6, 6.07) is 15.2. The largest absolute Gasteiger partial charge is 0.379 e. The highest BCUT2D eigenvalue weighted by atomic mass is 19.1. The Morgan fingerprint density at radius 1 is 1.17 bits per heavy atom. The van der Waals surface area contributed by atoms with Crippen molar-refractivity contribution >= 4 is 17.3 Å². The summed E-state index contributed by atoms with van der Waals surface area (Å²) in [6.07, 6.45) is 3.40. The van der Waals surface area contributed by atoms with Crippen LogP contribution in [0.4, 0.5) is 15.8 Å². The first-order valence-corrected chi connectivity index (χ1v) is 7.52. The quantitative estimate of drug-likeness (QED) is 0.649. The summed E-state index contributed by atoms with van der Waals surface area (Å²) in [4.78, 5) is 18.4. The minimum Gasteiger partial charge on any atom is -0.379 e. The number of anilines is 2. The van der Waals surface area contributed by atoms with Gasteiger partial charge in [0, 0.05) is 23.1 Å². The summed E-state index contributed by atoms with van der Waals surface area (Å²) in [7, 11) is 0. The normalized spacial score (nSPS) is 10.4. The first-order valence-electron chi connectivity index (χ1n) is 7.52. The predicted molar refractivity (Wildman–Crippen MR) is 92.4 cm³/mol. The molecule has 5 nitrogen and oxygen atoms in total. The van der Waals surface area contributed by atoms with E-state index >= 15 is 0 Å². The number of H-pyrrole nitrogens is 1. The van der Waals surface area contributed by atoms with E-state index in [2.05, 4.69) is 20.6 Å². The van der Waals surface area contributed by atoms with Gasteiger partial charge in [0.25, 0.3) is 5.91 Å². The third-order valence-corrected chi connectivity index (χ3v) is 3.53. The minimum absolute atomic E-state index is 0.589. The van der Waals surface area contributed by atoms with E-state index in [1.165, 1.54) is 0 Å². The fraction of sp³-hybridized carbons (Fsp3) is 0.111. The molecule has 3 N–H and O–H groups in total. The number of aromatic nitrogens is 2. The topological polar surface area (TPSA) is 69.8 Å². The molecule has 0 aliphatic rings. The van der Waals surface area contributed by atoms with Crippen LogP contribution >= 0.6 is 0 Å². The number of hydrogen-bond acceptors (Lipinski definition) is 3. The Balaban J connectivity index is 1.82. The average Bonchev–Trinajstić information content (AvgIpc) is 3.14.